The number of nitrogens with zero attached hydrogens (tertiary/aromatic N) is 3. The predicted molar refractivity (Wildman–Crippen MR) is 78.0 cm³/mol. The van der Waals surface area contributed by atoms with Gasteiger partial charge in [-0.25, -0.2) is 9.97 Å². The summed E-state index contributed by atoms with van der Waals surface area (Å²) in [6, 6.07) is 5.72. The Balaban J connectivity index is 0.00000192. The lowest BCUT2D eigenvalue weighted by Gasteiger charge is -2.07. The standard InChI is InChI=1S/C14H7F4N3O.ClH/c15-14(16,17)10-6-19-12(20-7-10)9-1-2-11-8(5-9)3-4-21(18)13(11)22;/h1-7H;1H. The number of halogens is 5. The van der Waals surface area contributed by atoms with Crippen molar-refractivity contribution in [2.24, 2.45) is 0 Å². The fourth-order valence-electron chi connectivity index (χ4n) is 1.99. The Kier molecular flexibility index (Phi) is 4.37. The van der Waals surface area contributed by atoms with Crippen molar-refractivity contribution in [3.8, 4) is 11.4 Å². The van der Waals surface area contributed by atoms with Crippen LogP contribution in [0.4, 0.5) is 17.7 Å². The maximum atomic E-state index is 13.1. The lowest BCUT2D eigenvalue weighted by molar-refractivity contribution is -0.138. The van der Waals surface area contributed by atoms with Crippen LogP contribution in [0.25, 0.3) is 22.2 Å². The Labute approximate surface area is 132 Å². The number of hydrogen-bond donors (Lipinski definition) is 0. The molecule has 2 aromatic heterocycles. The van der Waals surface area contributed by atoms with E-state index in [0.717, 1.165) is 6.20 Å². The van der Waals surface area contributed by atoms with Crippen molar-refractivity contribution in [2.45, 2.75) is 6.18 Å². The maximum Gasteiger partial charge on any atom is 0.419 e. The molecule has 0 unspecified atom stereocenters. The van der Waals surface area contributed by atoms with Crippen LogP contribution in [0.3, 0.4) is 0 Å². The SMILES string of the molecule is Cl.O=c1c2ccc(-c3ncc(C(F)(F)F)cn3)cc2ccn1F. The first-order valence-corrected chi connectivity index (χ1v) is 6.07. The Hall–Kier alpha value is -2.48. The molecule has 4 nitrogen and oxygen atoms in total. The van der Waals surface area contributed by atoms with Crippen molar-refractivity contribution >= 4 is 23.2 Å². The molecule has 3 aromatic rings. The van der Waals surface area contributed by atoms with E-state index in [1.807, 2.05) is 0 Å². The van der Waals surface area contributed by atoms with Gasteiger partial charge in [0.15, 0.2) is 5.82 Å². The fourth-order valence-corrected chi connectivity index (χ4v) is 1.99. The lowest BCUT2D eigenvalue weighted by atomic mass is 10.1. The molecule has 0 bridgehead atoms. The zero-order chi connectivity index (χ0) is 15.9. The molecule has 0 aliphatic heterocycles. The average Bonchev–Trinajstić information content (AvgIpc) is 2.50. The van der Waals surface area contributed by atoms with Crippen LogP contribution in [-0.4, -0.2) is 14.8 Å². The van der Waals surface area contributed by atoms with Gasteiger partial charge in [0, 0.05) is 29.5 Å². The molecule has 0 aliphatic carbocycles. The number of aromatic nitrogens is 3. The summed E-state index contributed by atoms with van der Waals surface area (Å²) >= 11 is 0. The van der Waals surface area contributed by atoms with Gasteiger partial charge in [0.2, 0.25) is 0 Å². The number of fused-ring (bicyclic) bond motifs is 1. The van der Waals surface area contributed by atoms with Crippen LogP contribution in [0, 0.1) is 0 Å². The van der Waals surface area contributed by atoms with Gasteiger partial charge in [-0.1, -0.05) is 10.5 Å². The Morgan fingerprint density at radius 2 is 1.70 bits per heavy atom. The third-order valence-corrected chi connectivity index (χ3v) is 3.10. The molecule has 120 valence electrons. The van der Waals surface area contributed by atoms with Crippen molar-refractivity contribution in [1.82, 2.24) is 14.8 Å². The van der Waals surface area contributed by atoms with Crippen molar-refractivity contribution in [3.63, 3.8) is 0 Å². The number of alkyl halides is 3. The highest BCUT2D eigenvalue weighted by atomic mass is 35.5. The molecule has 0 atom stereocenters. The highest BCUT2D eigenvalue weighted by molar-refractivity contribution is 5.85. The Morgan fingerprint density at radius 3 is 2.30 bits per heavy atom. The van der Waals surface area contributed by atoms with Crippen LogP contribution >= 0.6 is 12.4 Å². The van der Waals surface area contributed by atoms with Crippen molar-refractivity contribution in [2.75, 3.05) is 0 Å². The van der Waals surface area contributed by atoms with Crippen LogP contribution in [0.2, 0.25) is 0 Å². The normalized spacial score (nSPS) is 11.3. The van der Waals surface area contributed by atoms with Crippen LogP contribution in [0.1, 0.15) is 5.56 Å². The second-order valence-electron chi connectivity index (χ2n) is 4.53. The highest BCUT2D eigenvalue weighted by Gasteiger charge is 2.31. The number of rotatable bonds is 1. The predicted octanol–water partition coefficient (Wildman–Crippen LogP) is 3.63. The summed E-state index contributed by atoms with van der Waals surface area (Å²) in [6.45, 7) is 0. The molecule has 0 N–H and O–H groups in total. The molecule has 1 aromatic carbocycles. The molecule has 0 radical (unpaired) electrons. The molecule has 23 heavy (non-hydrogen) atoms. The van der Waals surface area contributed by atoms with Gasteiger partial charge in [-0.2, -0.15) is 13.2 Å². The first-order chi connectivity index (χ1) is 10.4. The van der Waals surface area contributed by atoms with Crippen molar-refractivity contribution < 1.29 is 17.7 Å². The maximum absolute atomic E-state index is 13.1. The molecule has 0 fully saturated rings. The van der Waals surface area contributed by atoms with Gasteiger partial charge in [-0.15, -0.1) is 17.2 Å². The first kappa shape index (κ1) is 16.9. The minimum atomic E-state index is -4.51. The molecule has 2 heterocycles. The van der Waals surface area contributed by atoms with Gasteiger partial charge in [-0.05, 0) is 23.6 Å². The smallest absolute Gasteiger partial charge is 0.266 e. The van der Waals surface area contributed by atoms with Gasteiger partial charge in [-0.3, -0.25) is 4.79 Å². The summed E-state index contributed by atoms with van der Waals surface area (Å²) in [7, 11) is 0. The van der Waals surface area contributed by atoms with Crippen LogP contribution in [0.15, 0.2) is 47.7 Å². The zero-order valence-corrected chi connectivity index (χ0v) is 12.0. The summed E-state index contributed by atoms with van der Waals surface area (Å²) in [4.78, 5) is 18.9. The topological polar surface area (TPSA) is 47.8 Å². The second kappa shape index (κ2) is 5.96. The van der Waals surface area contributed by atoms with Crippen LogP contribution in [0.5, 0.6) is 0 Å². The van der Waals surface area contributed by atoms with Crippen molar-refractivity contribution in [3.05, 3.63) is 58.8 Å². The van der Waals surface area contributed by atoms with Gasteiger partial charge in [0.1, 0.15) is 0 Å². The highest BCUT2D eigenvalue weighted by Crippen LogP contribution is 2.29. The van der Waals surface area contributed by atoms with Crippen LogP contribution in [-0.2, 0) is 6.18 Å². The largest absolute Gasteiger partial charge is 0.419 e. The van der Waals surface area contributed by atoms with E-state index < -0.39 is 17.3 Å². The minimum absolute atomic E-state index is 0. The number of pyridine rings is 1. The molecule has 9 heteroatoms. The van der Waals surface area contributed by atoms with E-state index in [0.29, 0.717) is 23.3 Å². The van der Waals surface area contributed by atoms with E-state index in [1.165, 1.54) is 24.3 Å². The average molecular weight is 346 g/mol. The molecular formula is C14H8ClF4N3O. The van der Waals surface area contributed by atoms with Crippen molar-refractivity contribution in [1.29, 1.82) is 0 Å². The van der Waals surface area contributed by atoms with E-state index in [-0.39, 0.29) is 28.4 Å². The molecule has 0 spiro atoms. The second-order valence-corrected chi connectivity index (χ2v) is 4.53. The van der Waals surface area contributed by atoms with Gasteiger partial charge < -0.3 is 0 Å². The summed E-state index contributed by atoms with van der Waals surface area (Å²) in [5.41, 5.74) is -1.33. The van der Waals surface area contributed by atoms with Gasteiger partial charge in [0.05, 0.1) is 5.56 Å². The fraction of sp³-hybridized carbons (Fsp3) is 0.0714. The summed E-state index contributed by atoms with van der Waals surface area (Å²) in [6.07, 6.45) is -2.17. The monoisotopic (exact) mass is 345 g/mol. The summed E-state index contributed by atoms with van der Waals surface area (Å²) < 4.78 is 50.5. The molecule has 0 aliphatic rings. The molecular weight excluding hydrogens is 338 g/mol. The summed E-state index contributed by atoms with van der Waals surface area (Å²) in [5.74, 6) is 0.0827. The minimum Gasteiger partial charge on any atom is -0.266 e. The Bertz CT molecular complexity index is 907. The van der Waals surface area contributed by atoms with Gasteiger partial charge >= 0.3 is 6.18 Å². The Morgan fingerprint density at radius 1 is 1.04 bits per heavy atom. The van der Waals surface area contributed by atoms with Gasteiger partial charge in [0.25, 0.3) is 5.56 Å². The third kappa shape index (κ3) is 3.16. The molecule has 3 rings (SSSR count). The third-order valence-electron chi connectivity index (χ3n) is 3.10. The quantitative estimate of drug-likeness (QED) is 0.633. The first-order valence-electron chi connectivity index (χ1n) is 6.07. The number of hydrogen-bond acceptors (Lipinski definition) is 3. The summed E-state index contributed by atoms with van der Waals surface area (Å²) in [5, 5.41) is 0.598. The van der Waals surface area contributed by atoms with E-state index in [1.54, 1.807) is 0 Å². The zero-order valence-electron chi connectivity index (χ0n) is 11.2. The van der Waals surface area contributed by atoms with E-state index in [9.17, 15) is 22.4 Å². The van der Waals surface area contributed by atoms with E-state index >= 15 is 0 Å². The lowest BCUT2D eigenvalue weighted by Crippen LogP contribution is -2.12. The molecule has 0 saturated carbocycles. The number of benzene rings is 1. The van der Waals surface area contributed by atoms with Crippen LogP contribution < -0.4 is 5.56 Å². The molecule has 0 saturated heterocycles. The van der Waals surface area contributed by atoms with E-state index in [4.69, 9.17) is 0 Å². The molecule has 0 amide bonds. The van der Waals surface area contributed by atoms with E-state index in [2.05, 4.69) is 9.97 Å².